The summed E-state index contributed by atoms with van der Waals surface area (Å²) >= 11 is 4.60. The van der Waals surface area contributed by atoms with Gasteiger partial charge >= 0.3 is 0 Å². The van der Waals surface area contributed by atoms with Gasteiger partial charge in [-0.3, -0.25) is 0 Å². The van der Waals surface area contributed by atoms with Crippen molar-refractivity contribution in [1.82, 2.24) is 0 Å². The first-order chi connectivity index (χ1) is 3.50. The van der Waals surface area contributed by atoms with E-state index in [4.69, 9.17) is 0 Å². The predicted octanol–water partition coefficient (Wildman–Crippen LogP) is 0.895. The lowest BCUT2D eigenvalue weighted by atomic mass is 10.6. The average molecular weight is 159 g/mol. The Morgan fingerprint density at radius 2 is 1.88 bits per heavy atom. The molecule has 0 N–H and O–H groups in total. The van der Waals surface area contributed by atoms with Crippen molar-refractivity contribution in [3.8, 4) is 0 Å². The van der Waals surface area contributed by atoms with Crippen molar-refractivity contribution in [1.29, 1.82) is 0 Å². The molecular weight excluding hydrogens is 152 g/mol. The minimum atomic E-state index is -3.47. The van der Waals surface area contributed by atoms with Crippen LogP contribution in [0.15, 0.2) is 0 Å². The van der Waals surface area contributed by atoms with E-state index in [0.29, 0.717) is 0 Å². The van der Waals surface area contributed by atoms with Crippen molar-refractivity contribution < 1.29 is 12.2 Å². The van der Waals surface area contributed by atoms with Crippen molar-refractivity contribution in [2.24, 2.45) is 0 Å². The van der Waals surface area contributed by atoms with Gasteiger partial charge in [0.15, 0.2) is 0 Å². The summed E-state index contributed by atoms with van der Waals surface area (Å²) in [6.45, 7) is 2.97. The van der Waals surface area contributed by atoms with Crippen LogP contribution in [0.2, 0.25) is 0 Å². The van der Waals surface area contributed by atoms with Gasteiger partial charge in [-0.05, 0) is 13.8 Å². The number of halogens is 1. The fourth-order valence-electron chi connectivity index (χ4n) is 0.0727. The van der Waals surface area contributed by atoms with Crippen molar-refractivity contribution in [2.45, 2.75) is 19.1 Å². The molecule has 0 amide bonds. The van der Waals surface area contributed by atoms with Gasteiger partial charge in [-0.25, -0.2) is 0 Å². The number of rotatable bonds is 2. The maximum atomic E-state index is 10.3. The van der Waals surface area contributed by atoms with Crippen molar-refractivity contribution >= 4 is 22.0 Å². The first kappa shape index (κ1) is 8.20. The van der Waals surface area contributed by atoms with Crippen LogP contribution >= 0.6 is 11.9 Å². The predicted molar refractivity (Wildman–Crippen MR) is 31.0 cm³/mol. The molecule has 0 aromatic heterocycles. The third kappa shape index (κ3) is 1.98. The first-order valence-electron chi connectivity index (χ1n) is 2.04. The molecule has 0 fully saturated rings. The molecule has 0 radical (unpaired) electrons. The number of hydrogen-bond donors (Lipinski definition) is 0. The third-order valence-corrected chi connectivity index (χ3v) is 2.52. The summed E-state index contributed by atoms with van der Waals surface area (Å²) in [5.74, 6) is 0. The van der Waals surface area contributed by atoms with Crippen LogP contribution in [-0.4, -0.2) is 13.7 Å². The van der Waals surface area contributed by atoms with Crippen LogP contribution in [0.25, 0.3) is 0 Å². The summed E-state index contributed by atoms with van der Waals surface area (Å²) in [5.41, 5.74) is 0. The molecule has 0 saturated carbocycles. The maximum Gasteiger partial charge on any atom is 0.285 e. The summed E-state index contributed by atoms with van der Waals surface area (Å²) in [4.78, 5) is 0. The first-order valence-corrected chi connectivity index (χ1v) is 3.82. The van der Waals surface area contributed by atoms with Crippen LogP contribution in [0.1, 0.15) is 13.8 Å². The van der Waals surface area contributed by atoms with Gasteiger partial charge in [-0.2, -0.15) is 12.2 Å². The highest BCUT2D eigenvalue weighted by molar-refractivity contribution is 7.87. The lowest BCUT2D eigenvalue weighted by Gasteiger charge is -1.98. The molecule has 3 nitrogen and oxygen atoms in total. The summed E-state index contributed by atoms with van der Waals surface area (Å²) in [7, 11) is -3.47. The van der Waals surface area contributed by atoms with Crippen molar-refractivity contribution in [2.75, 3.05) is 0 Å². The molecule has 0 aliphatic carbocycles. The smallest absolute Gasteiger partial charge is 0.198 e. The second-order valence-electron chi connectivity index (χ2n) is 1.60. The summed E-state index contributed by atoms with van der Waals surface area (Å²) in [6, 6.07) is 0. The fourth-order valence-corrected chi connectivity index (χ4v) is 0.655. The highest BCUT2D eigenvalue weighted by atomic mass is 35.5. The van der Waals surface area contributed by atoms with Crippen LogP contribution in [0.4, 0.5) is 0 Å². The van der Waals surface area contributed by atoms with Crippen LogP contribution in [0.3, 0.4) is 0 Å². The molecule has 8 heavy (non-hydrogen) atoms. The standard InChI is InChI=1S/C3H7ClO3S/c1-3(2)8(5,6)7-4/h3H,1-2H3. The van der Waals surface area contributed by atoms with Gasteiger partial charge in [0.1, 0.15) is 0 Å². The monoisotopic (exact) mass is 158 g/mol. The second-order valence-corrected chi connectivity index (χ2v) is 4.04. The Kier molecular flexibility index (Phi) is 2.73. The molecule has 0 aromatic carbocycles. The van der Waals surface area contributed by atoms with Crippen LogP contribution in [0.5, 0.6) is 0 Å². The summed E-state index contributed by atoms with van der Waals surface area (Å²) in [6.07, 6.45) is 0. The minimum absolute atomic E-state index is 0.569. The molecule has 50 valence electrons. The van der Waals surface area contributed by atoms with Crippen LogP contribution in [-0.2, 0) is 13.9 Å². The second kappa shape index (κ2) is 2.66. The van der Waals surface area contributed by atoms with Gasteiger partial charge in [0, 0.05) is 0 Å². The lowest BCUT2D eigenvalue weighted by Crippen LogP contribution is -2.12. The lowest BCUT2D eigenvalue weighted by molar-refractivity contribution is 0.499. The molecule has 0 spiro atoms. The van der Waals surface area contributed by atoms with E-state index in [1.807, 2.05) is 0 Å². The molecule has 5 heteroatoms. The SMILES string of the molecule is CC(C)S(=O)(=O)OCl. The number of hydrogen-bond acceptors (Lipinski definition) is 3. The van der Waals surface area contributed by atoms with Gasteiger partial charge in [-0.15, -0.1) is 0 Å². The Labute approximate surface area is 53.9 Å². The Morgan fingerprint density at radius 3 is 1.88 bits per heavy atom. The zero-order valence-electron chi connectivity index (χ0n) is 4.59. The minimum Gasteiger partial charge on any atom is -0.198 e. The fraction of sp³-hybridized carbons (Fsp3) is 1.00. The molecule has 0 aliphatic heterocycles. The average Bonchev–Trinajstić information content (AvgIpc) is 1.67. The largest absolute Gasteiger partial charge is 0.285 e. The molecule has 0 atom stereocenters. The van der Waals surface area contributed by atoms with E-state index in [9.17, 15) is 8.42 Å². The Balaban J connectivity index is 4.17. The molecular formula is C3H7ClO3S. The molecule has 0 aliphatic rings. The normalized spacial score (nSPS) is 12.5. The topological polar surface area (TPSA) is 43.4 Å². The van der Waals surface area contributed by atoms with Crippen LogP contribution in [0, 0.1) is 0 Å². The molecule has 0 bridgehead atoms. The van der Waals surface area contributed by atoms with E-state index in [1.165, 1.54) is 13.8 Å². The van der Waals surface area contributed by atoms with Crippen molar-refractivity contribution in [3.63, 3.8) is 0 Å². The highest BCUT2D eigenvalue weighted by Gasteiger charge is 2.14. The maximum absolute atomic E-state index is 10.3. The van der Waals surface area contributed by atoms with Gasteiger partial charge in [0.2, 0.25) is 0 Å². The van der Waals surface area contributed by atoms with E-state index in [0.717, 1.165) is 0 Å². The zero-order valence-corrected chi connectivity index (χ0v) is 6.16. The van der Waals surface area contributed by atoms with Gasteiger partial charge in [-0.1, -0.05) is 0 Å². The molecule has 0 saturated heterocycles. The van der Waals surface area contributed by atoms with E-state index >= 15 is 0 Å². The van der Waals surface area contributed by atoms with Gasteiger partial charge in [0.25, 0.3) is 10.1 Å². The summed E-state index contributed by atoms with van der Waals surface area (Å²) < 4.78 is 24.3. The Bertz CT molecular complexity index is 148. The molecule has 0 aromatic rings. The van der Waals surface area contributed by atoms with E-state index < -0.39 is 15.4 Å². The Hall–Kier alpha value is 0.200. The quantitative estimate of drug-likeness (QED) is 0.600. The zero-order chi connectivity index (χ0) is 6.78. The summed E-state index contributed by atoms with van der Waals surface area (Å²) in [5, 5.41) is -0.569. The molecule has 0 rings (SSSR count). The van der Waals surface area contributed by atoms with Crippen molar-refractivity contribution in [3.05, 3.63) is 0 Å². The van der Waals surface area contributed by atoms with E-state index in [2.05, 4.69) is 15.6 Å². The van der Waals surface area contributed by atoms with Gasteiger partial charge in [0.05, 0.1) is 17.1 Å². The van der Waals surface area contributed by atoms with E-state index in [1.54, 1.807) is 0 Å². The third-order valence-electron chi connectivity index (χ3n) is 0.665. The van der Waals surface area contributed by atoms with E-state index in [-0.39, 0.29) is 0 Å². The highest BCUT2D eigenvalue weighted by Crippen LogP contribution is 2.03. The molecule has 0 heterocycles. The Morgan fingerprint density at radius 1 is 1.50 bits per heavy atom. The van der Waals surface area contributed by atoms with Crippen LogP contribution < -0.4 is 0 Å². The van der Waals surface area contributed by atoms with Gasteiger partial charge < -0.3 is 0 Å². The molecule has 0 unspecified atom stereocenters.